The number of fused-ring (bicyclic) bond motifs is 1. The fourth-order valence-corrected chi connectivity index (χ4v) is 2.61. The molecule has 0 saturated carbocycles. The van der Waals surface area contributed by atoms with E-state index in [4.69, 9.17) is 16.0 Å². The lowest BCUT2D eigenvalue weighted by Gasteiger charge is -2.09. The zero-order valence-electron chi connectivity index (χ0n) is 13.5. The van der Waals surface area contributed by atoms with Gasteiger partial charge in [-0.3, -0.25) is 4.79 Å². The van der Waals surface area contributed by atoms with E-state index in [1.807, 2.05) is 6.07 Å². The zero-order valence-corrected chi connectivity index (χ0v) is 14.3. The summed E-state index contributed by atoms with van der Waals surface area (Å²) in [5.41, 5.74) is 1.76. The SMILES string of the molecule is Cc1ccc(Nc2cnn(-c3nc4ccccc4o3)c(=O)c2Cl)cc1F. The van der Waals surface area contributed by atoms with Crippen molar-refractivity contribution in [2.24, 2.45) is 0 Å². The maximum absolute atomic E-state index is 13.7. The number of aryl methyl sites for hydroxylation is 1. The van der Waals surface area contributed by atoms with Gasteiger partial charge < -0.3 is 9.73 Å². The summed E-state index contributed by atoms with van der Waals surface area (Å²) < 4.78 is 20.2. The van der Waals surface area contributed by atoms with Crippen LogP contribution in [0.4, 0.5) is 15.8 Å². The number of benzene rings is 2. The van der Waals surface area contributed by atoms with Crippen molar-refractivity contribution in [3.8, 4) is 6.01 Å². The Balaban J connectivity index is 1.72. The van der Waals surface area contributed by atoms with Crippen LogP contribution in [0.15, 0.2) is 57.9 Å². The van der Waals surface area contributed by atoms with Crippen molar-refractivity contribution in [2.75, 3.05) is 5.32 Å². The van der Waals surface area contributed by atoms with Crippen molar-refractivity contribution in [3.63, 3.8) is 0 Å². The van der Waals surface area contributed by atoms with Gasteiger partial charge in [-0.2, -0.15) is 10.1 Å². The summed E-state index contributed by atoms with van der Waals surface area (Å²) in [5, 5.41) is 6.83. The molecule has 2 heterocycles. The molecular formula is C18H12ClFN4O2. The molecule has 0 bridgehead atoms. The van der Waals surface area contributed by atoms with Gasteiger partial charge in [-0.25, -0.2) is 4.39 Å². The number of hydrogen-bond donors (Lipinski definition) is 1. The summed E-state index contributed by atoms with van der Waals surface area (Å²) >= 11 is 6.17. The van der Waals surface area contributed by atoms with Crippen LogP contribution in [-0.4, -0.2) is 14.8 Å². The van der Waals surface area contributed by atoms with Gasteiger partial charge in [0.1, 0.15) is 16.4 Å². The van der Waals surface area contributed by atoms with Gasteiger partial charge in [-0.15, -0.1) is 4.68 Å². The van der Waals surface area contributed by atoms with Crippen molar-refractivity contribution >= 4 is 34.1 Å². The Morgan fingerprint density at radius 1 is 1.23 bits per heavy atom. The number of anilines is 2. The smallest absolute Gasteiger partial charge is 0.327 e. The van der Waals surface area contributed by atoms with E-state index < -0.39 is 5.56 Å². The third-order valence-electron chi connectivity index (χ3n) is 3.83. The molecule has 4 rings (SSSR count). The number of halogens is 2. The molecular weight excluding hydrogens is 359 g/mol. The number of hydrogen-bond acceptors (Lipinski definition) is 5. The fourth-order valence-electron chi connectivity index (χ4n) is 2.43. The third-order valence-corrected chi connectivity index (χ3v) is 4.20. The second kappa shape index (κ2) is 6.27. The standard InChI is InChI=1S/C18H12ClFN4O2/c1-10-6-7-11(8-12(10)20)22-14-9-21-24(17(25)16(14)19)18-23-13-4-2-3-5-15(13)26-18/h2-9,22H,1H3. The fraction of sp³-hybridized carbons (Fsp3) is 0.0556. The molecule has 130 valence electrons. The lowest BCUT2D eigenvalue weighted by molar-refractivity contribution is 0.531. The van der Waals surface area contributed by atoms with Crippen molar-refractivity contribution in [2.45, 2.75) is 6.92 Å². The van der Waals surface area contributed by atoms with E-state index in [0.717, 1.165) is 4.68 Å². The Bertz CT molecular complexity index is 1150. The van der Waals surface area contributed by atoms with Crippen LogP contribution in [-0.2, 0) is 0 Å². The van der Waals surface area contributed by atoms with Crippen molar-refractivity contribution in [3.05, 3.63) is 75.4 Å². The normalized spacial score (nSPS) is 11.0. The van der Waals surface area contributed by atoms with Gasteiger partial charge in [-0.05, 0) is 36.8 Å². The van der Waals surface area contributed by atoms with Crippen LogP contribution in [0.5, 0.6) is 0 Å². The quantitative estimate of drug-likeness (QED) is 0.584. The van der Waals surface area contributed by atoms with E-state index in [0.29, 0.717) is 22.4 Å². The van der Waals surface area contributed by atoms with E-state index in [1.54, 1.807) is 37.3 Å². The molecule has 0 saturated heterocycles. The van der Waals surface area contributed by atoms with Crippen molar-refractivity contribution in [1.29, 1.82) is 0 Å². The highest BCUT2D eigenvalue weighted by Crippen LogP contribution is 2.24. The second-order valence-electron chi connectivity index (χ2n) is 5.64. The maximum Gasteiger partial charge on any atom is 0.327 e. The largest absolute Gasteiger partial charge is 0.422 e. The number of aromatic nitrogens is 3. The van der Waals surface area contributed by atoms with Crippen LogP contribution in [0, 0.1) is 12.7 Å². The van der Waals surface area contributed by atoms with E-state index in [2.05, 4.69) is 15.4 Å². The number of nitrogens with one attached hydrogen (secondary N) is 1. The minimum atomic E-state index is -0.601. The first-order valence-corrected chi connectivity index (χ1v) is 8.07. The van der Waals surface area contributed by atoms with Gasteiger partial charge in [0, 0.05) is 5.69 Å². The van der Waals surface area contributed by atoms with Gasteiger partial charge in [0.15, 0.2) is 5.58 Å². The Hall–Kier alpha value is -3.19. The average Bonchev–Trinajstić information content (AvgIpc) is 3.06. The van der Waals surface area contributed by atoms with E-state index in [9.17, 15) is 9.18 Å². The van der Waals surface area contributed by atoms with Gasteiger partial charge in [0.05, 0.1) is 11.9 Å². The monoisotopic (exact) mass is 370 g/mol. The highest BCUT2D eigenvalue weighted by atomic mass is 35.5. The predicted octanol–water partition coefficient (Wildman–Crippen LogP) is 4.22. The van der Waals surface area contributed by atoms with Crippen molar-refractivity contribution < 1.29 is 8.81 Å². The first-order chi connectivity index (χ1) is 12.5. The number of nitrogens with zero attached hydrogens (tertiary/aromatic N) is 3. The Kier molecular flexibility index (Phi) is 3.93. The van der Waals surface area contributed by atoms with Crippen LogP contribution in [0.3, 0.4) is 0 Å². The minimum absolute atomic E-state index is 0.0195. The van der Waals surface area contributed by atoms with Gasteiger partial charge >= 0.3 is 6.01 Å². The molecule has 0 spiro atoms. The molecule has 0 aliphatic heterocycles. The molecule has 0 atom stereocenters. The molecule has 0 fully saturated rings. The van der Waals surface area contributed by atoms with Crippen molar-refractivity contribution in [1.82, 2.24) is 14.8 Å². The summed E-state index contributed by atoms with van der Waals surface area (Å²) in [5.74, 6) is -0.362. The molecule has 0 aliphatic carbocycles. The second-order valence-corrected chi connectivity index (χ2v) is 6.02. The minimum Gasteiger partial charge on any atom is -0.422 e. The van der Waals surface area contributed by atoms with Gasteiger partial charge in [0.2, 0.25) is 0 Å². The lowest BCUT2D eigenvalue weighted by Crippen LogP contribution is -2.22. The molecule has 0 unspecified atom stereocenters. The average molecular weight is 371 g/mol. The lowest BCUT2D eigenvalue weighted by atomic mass is 10.2. The number of rotatable bonds is 3. The first-order valence-electron chi connectivity index (χ1n) is 7.70. The molecule has 2 aromatic carbocycles. The van der Waals surface area contributed by atoms with E-state index in [1.165, 1.54) is 12.3 Å². The van der Waals surface area contributed by atoms with Crippen LogP contribution < -0.4 is 10.9 Å². The maximum atomic E-state index is 13.7. The Morgan fingerprint density at radius 2 is 2.04 bits per heavy atom. The summed E-state index contributed by atoms with van der Waals surface area (Å²) in [6.45, 7) is 1.66. The van der Waals surface area contributed by atoms with E-state index >= 15 is 0 Å². The van der Waals surface area contributed by atoms with Crippen LogP contribution in [0.1, 0.15) is 5.56 Å². The first kappa shape index (κ1) is 16.3. The van der Waals surface area contributed by atoms with Gasteiger partial charge in [0.25, 0.3) is 5.56 Å². The van der Waals surface area contributed by atoms with Crippen LogP contribution >= 0.6 is 11.6 Å². The third kappa shape index (κ3) is 2.82. The number of oxazole rings is 1. The molecule has 0 aliphatic rings. The Labute approximate surface area is 151 Å². The number of para-hydroxylation sites is 2. The Morgan fingerprint density at radius 3 is 2.81 bits per heavy atom. The summed E-state index contributed by atoms with van der Waals surface area (Å²) in [4.78, 5) is 16.8. The highest BCUT2D eigenvalue weighted by molar-refractivity contribution is 6.33. The molecule has 26 heavy (non-hydrogen) atoms. The molecule has 0 radical (unpaired) electrons. The molecule has 2 aromatic heterocycles. The topological polar surface area (TPSA) is 73.0 Å². The predicted molar refractivity (Wildman–Crippen MR) is 96.8 cm³/mol. The molecule has 8 heteroatoms. The summed E-state index contributed by atoms with van der Waals surface area (Å²) in [6, 6.07) is 11.8. The highest BCUT2D eigenvalue weighted by Gasteiger charge is 2.15. The van der Waals surface area contributed by atoms with E-state index in [-0.39, 0.29) is 22.5 Å². The molecule has 6 nitrogen and oxygen atoms in total. The zero-order chi connectivity index (χ0) is 18.3. The van der Waals surface area contributed by atoms with Crippen LogP contribution in [0.25, 0.3) is 17.1 Å². The van der Waals surface area contributed by atoms with Crippen LogP contribution in [0.2, 0.25) is 5.02 Å². The molecule has 0 amide bonds. The van der Waals surface area contributed by atoms with Gasteiger partial charge in [-0.1, -0.05) is 29.8 Å². The summed E-state index contributed by atoms with van der Waals surface area (Å²) in [7, 11) is 0. The summed E-state index contributed by atoms with van der Waals surface area (Å²) in [6.07, 6.45) is 1.36. The molecule has 1 N–H and O–H groups in total. The molecule has 4 aromatic rings.